The zero-order chi connectivity index (χ0) is 15.4. The predicted molar refractivity (Wildman–Crippen MR) is 79.1 cm³/mol. The van der Waals surface area contributed by atoms with Crippen molar-refractivity contribution >= 4 is 11.6 Å². The molecule has 1 aliphatic carbocycles. The van der Waals surface area contributed by atoms with Gasteiger partial charge in [-0.3, -0.25) is 9.59 Å². The van der Waals surface area contributed by atoms with Crippen LogP contribution in [0.15, 0.2) is 60.4 Å². The average molecular weight is 284 g/mol. The smallest absolute Gasteiger partial charge is 0.220 e. The van der Waals surface area contributed by atoms with E-state index in [1.54, 1.807) is 25.3 Å². The molecule has 0 aromatic heterocycles. The SMILES string of the molecule is C=C[C@@H](C1=CC(=O)C(OC)=CC1=O)c1ccc(OC)cc1. The van der Waals surface area contributed by atoms with Crippen molar-refractivity contribution < 1.29 is 19.1 Å². The third-order valence-electron chi connectivity index (χ3n) is 3.34. The quantitative estimate of drug-likeness (QED) is 0.616. The predicted octanol–water partition coefficient (Wildman–Crippen LogP) is 2.57. The summed E-state index contributed by atoms with van der Waals surface area (Å²) in [6.07, 6.45) is 4.18. The largest absolute Gasteiger partial charge is 0.497 e. The first-order valence-corrected chi connectivity index (χ1v) is 6.43. The molecular weight excluding hydrogens is 268 g/mol. The molecule has 1 aromatic rings. The van der Waals surface area contributed by atoms with E-state index in [0.717, 1.165) is 11.3 Å². The van der Waals surface area contributed by atoms with Crippen LogP contribution in [-0.2, 0) is 14.3 Å². The first-order valence-electron chi connectivity index (χ1n) is 6.43. The van der Waals surface area contributed by atoms with Crippen LogP contribution >= 0.6 is 0 Å². The lowest BCUT2D eigenvalue weighted by Gasteiger charge is -2.18. The lowest BCUT2D eigenvalue weighted by Crippen LogP contribution is -2.18. The van der Waals surface area contributed by atoms with E-state index in [1.807, 2.05) is 12.1 Å². The number of methoxy groups -OCH3 is 2. The Labute approximate surface area is 123 Å². The molecule has 0 saturated heterocycles. The topological polar surface area (TPSA) is 52.6 Å². The maximum Gasteiger partial charge on any atom is 0.220 e. The first-order chi connectivity index (χ1) is 10.1. The summed E-state index contributed by atoms with van der Waals surface area (Å²) in [5.41, 5.74) is 1.26. The number of rotatable bonds is 5. The highest BCUT2D eigenvalue weighted by Gasteiger charge is 2.26. The average Bonchev–Trinajstić information content (AvgIpc) is 2.51. The summed E-state index contributed by atoms with van der Waals surface area (Å²) >= 11 is 0. The monoisotopic (exact) mass is 284 g/mol. The van der Waals surface area contributed by atoms with Crippen LogP contribution in [0.5, 0.6) is 5.75 Å². The molecule has 108 valence electrons. The maximum atomic E-state index is 12.2. The van der Waals surface area contributed by atoms with Crippen molar-refractivity contribution in [3.8, 4) is 5.75 Å². The van der Waals surface area contributed by atoms with Gasteiger partial charge < -0.3 is 9.47 Å². The second-order valence-electron chi connectivity index (χ2n) is 4.53. The first kappa shape index (κ1) is 14.8. The lowest BCUT2D eigenvalue weighted by molar-refractivity contribution is -0.117. The molecule has 21 heavy (non-hydrogen) atoms. The minimum atomic E-state index is -0.345. The second kappa shape index (κ2) is 6.22. The van der Waals surface area contributed by atoms with Crippen LogP contribution in [-0.4, -0.2) is 25.8 Å². The highest BCUT2D eigenvalue weighted by molar-refractivity contribution is 6.19. The van der Waals surface area contributed by atoms with E-state index >= 15 is 0 Å². The van der Waals surface area contributed by atoms with Gasteiger partial charge >= 0.3 is 0 Å². The molecule has 4 nitrogen and oxygen atoms in total. The van der Waals surface area contributed by atoms with E-state index in [4.69, 9.17) is 9.47 Å². The van der Waals surface area contributed by atoms with Gasteiger partial charge in [-0.05, 0) is 23.8 Å². The van der Waals surface area contributed by atoms with E-state index in [9.17, 15) is 9.59 Å². The molecule has 0 unspecified atom stereocenters. The van der Waals surface area contributed by atoms with Crippen LogP contribution in [0.1, 0.15) is 11.5 Å². The Morgan fingerprint density at radius 2 is 1.67 bits per heavy atom. The van der Waals surface area contributed by atoms with Crippen LogP contribution in [0, 0.1) is 0 Å². The minimum absolute atomic E-state index is 0.0568. The maximum absolute atomic E-state index is 12.2. The summed E-state index contributed by atoms with van der Waals surface area (Å²) < 4.78 is 9.98. The van der Waals surface area contributed by atoms with Gasteiger partial charge in [-0.15, -0.1) is 6.58 Å². The molecule has 2 rings (SSSR count). The van der Waals surface area contributed by atoms with Crippen molar-refractivity contribution in [3.05, 3.63) is 66.0 Å². The van der Waals surface area contributed by atoms with Crippen LogP contribution in [0.25, 0.3) is 0 Å². The van der Waals surface area contributed by atoms with E-state index in [2.05, 4.69) is 6.58 Å². The number of ketones is 2. The van der Waals surface area contributed by atoms with Crippen molar-refractivity contribution in [3.63, 3.8) is 0 Å². The summed E-state index contributed by atoms with van der Waals surface area (Å²) in [6, 6.07) is 7.30. The van der Waals surface area contributed by atoms with Crippen molar-refractivity contribution in [1.29, 1.82) is 0 Å². The third-order valence-corrected chi connectivity index (χ3v) is 3.34. The van der Waals surface area contributed by atoms with E-state index in [-0.39, 0.29) is 23.2 Å². The van der Waals surface area contributed by atoms with Crippen molar-refractivity contribution in [1.82, 2.24) is 0 Å². The van der Waals surface area contributed by atoms with Crippen LogP contribution in [0.2, 0.25) is 0 Å². The molecule has 0 heterocycles. The van der Waals surface area contributed by atoms with E-state index in [1.165, 1.54) is 19.3 Å². The fraction of sp³-hybridized carbons (Fsp3) is 0.176. The highest BCUT2D eigenvalue weighted by atomic mass is 16.5. The second-order valence-corrected chi connectivity index (χ2v) is 4.53. The number of hydrogen-bond donors (Lipinski definition) is 0. The summed E-state index contributed by atoms with van der Waals surface area (Å²) in [7, 11) is 2.95. The molecule has 0 aliphatic heterocycles. The van der Waals surface area contributed by atoms with Crippen LogP contribution in [0.3, 0.4) is 0 Å². The molecule has 0 saturated carbocycles. The van der Waals surface area contributed by atoms with Gasteiger partial charge in [-0.1, -0.05) is 18.2 Å². The Morgan fingerprint density at radius 3 is 2.19 bits per heavy atom. The minimum Gasteiger partial charge on any atom is -0.497 e. The molecule has 1 atom stereocenters. The Bertz CT molecular complexity index is 635. The molecule has 0 N–H and O–H groups in total. The molecule has 0 fully saturated rings. The summed E-state index contributed by atoms with van der Waals surface area (Å²) in [5.74, 6) is -0.119. The Balaban J connectivity index is 2.35. The third kappa shape index (κ3) is 2.94. The van der Waals surface area contributed by atoms with Gasteiger partial charge in [-0.2, -0.15) is 0 Å². The van der Waals surface area contributed by atoms with Gasteiger partial charge in [0.1, 0.15) is 5.75 Å². The zero-order valence-corrected chi connectivity index (χ0v) is 12.0. The number of allylic oxidation sites excluding steroid dienone is 4. The van der Waals surface area contributed by atoms with Gasteiger partial charge in [0.25, 0.3) is 0 Å². The lowest BCUT2D eigenvalue weighted by atomic mass is 9.85. The number of ether oxygens (including phenoxy) is 2. The van der Waals surface area contributed by atoms with Crippen LogP contribution in [0.4, 0.5) is 0 Å². The van der Waals surface area contributed by atoms with Gasteiger partial charge in [0.15, 0.2) is 11.5 Å². The molecule has 0 radical (unpaired) electrons. The molecule has 4 heteroatoms. The number of hydrogen-bond acceptors (Lipinski definition) is 4. The van der Waals surface area contributed by atoms with Gasteiger partial charge in [-0.25, -0.2) is 0 Å². The normalized spacial score (nSPS) is 15.9. The molecule has 0 bridgehead atoms. The molecule has 0 amide bonds. The fourth-order valence-electron chi connectivity index (χ4n) is 2.21. The molecule has 0 spiro atoms. The van der Waals surface area contributed by atoms with Crippen molar-refractivity contribution in [2.75, 3.05) is 14.2 Å². The van der Waals surface area contributed by atoms with Crippen molar-refractivity contribution in [2.45, 2.75) is 5.92 Å². The van der Waals surface area contributed by atoms with Crippen LogP contribution < -0.4 is 4.74 Å². The summed E-state index contributed by atoms with van der Waals surface area (Å²) in [4.78, 5) is 24.0. The molecule has 1 aromatic carbocycles. The summed E-state index contributed by atoms with van der Waals surface area (Å²) in [5, 5.41) is 0. The Hall–Kier alpha value is -2.62. The summed E-state index contributed by atoms with van der Waals surface area (Å²) in [6.45, 7) is 3.77. The molecule has 1 aliphatic rings. The number of carbonyl (C=O) groups is 2. The van der Waals surface area contributed by atoms with E-state index in [0.29, 0.717) is 5.57 Å². The van der Waals surface area contributed by atoms with Gasteiger partial charge in [0.05, 0.1) is 14.2 Å². The fourth-order valence-corrected chi connectivity index (χ4v) is 2.21. The van der Waals surface area contributed by atoms with Crippen molar-refractivity contribution in [2.24, 2.45) is 0 Å². The zero-order valence-electron chi connectivity index (χ0n) is 12.0. The van der Waals surface area contributed by atoms with Gasteiger partial charge in [0.2, 0.25) is 5.78 Å². The number of carbonyl (C=O) groups excluding carboxylic acids is 2. The van der Waals surface area contributed by atoms with Gasteiger partial charge in [0, 0.05) is 17.6 Å². The Kier molecular flexibility index (Phi) is 4.38. The molecular formula is C17H16O4. The Morgan fingerprint density at radius 1 is 1.00 bits per heavy atom. The standard InChI is InChI=1S/C17H16O4/c1-4-13(11-5-7-12(20-2)8-6-11)14-9-16(19)17(21-3)10-15(14)18/h4-10,13H,1H2,2-3H3/t13-/m1/s1. The van der Waals surface area contributed by atoms with E-state index < -0.39 is 0 Å². The number of benzene rings is 1. The highest BCUT2D eigenvalue weighted by Crippen LogP contribution is 2.30.